The third-order valence-electron chi connectivity index (χ3n) is 4.31. The molecule has 3 rings (SSSR count). The van der Waals surface area contributed by atoms with E-state index in [-0.39, 0.29) is 22.9 Å². The van der Waals surface area contributed by atoms with Crippen LogP contribution in [-0.4, -0.2) is 16.8 Å². The van der Waals surface area contributed by atoms with Gasteiger partial charge in [-0.05, 0) is 35.7 Å². The SMILES string of the molecule is CC(C)C(NC(=O)C(=O)Nc1cnc2c(F)cccc2c1)c1ccc(F)cc1. The first-order chi connectivity index (χ1) is 13.3. The Morgan fingerprint density at radius 2 is 1.71 bits per heavy atom. The number of pyridine rings is 1. The molecule has 0 aliphatic carbocycles. The summed E-state index contributed by atoms with van der Waals surface area (Å²) in [6, 6.07) is 11.3. The number of hydrogen-bond donors (Lipinski definition) is 2. The summed E-state index contributed by atoms with van der Waals surface area (Å²) in [7, 11) is 0. The van der Waals surface area contributed by atoms with Crippen molar-refractivity contribution in [1.82, 2.24) is 10.3 Å². The van der Waals surface area contributed by atoms with Crippen molar-refractivity contribution in [2.24, 2.45) is 5.92 Å². The number of amides is 2. The number of para-hydroxylation sites is 1. The van der Waals surface area contributed by atoms with E-state index >= 15 is 0 Å². The monoisotopic (exact) mass is 383 g/mol. The Morgan fingerprint density at radius 3 is 2.39 bits per heavy atom. The number of carbonyl (C=O) groups excluding carboxylic acids is 2. The Balaban J connectivity index is 1.73. The third kappa shape index (κ3) is 4.31. The van der Waals surface area contributed by atoms with Crippen LogP contribution in [0.3, 0.4) is 0 Å². The lowest BCUT2D eigenvalue weighted by Crippen LogP contribution is -2.39. The first kappa shape index (κ1) is 19.4. The maximum Gasteiger partial charge on any atom is 0.313 e. The van der Waals surface area contributed by atoms with Gasteiger partial charge in [-0.15, -0.1) is 0 Å². The van der Waals surface area contributed by atoms with Crippen LogP contribution < -0.4 is 10.6 Å². The van der Waals surface area contributed by atoms with Gasteiger partial charge in [0.15, 0.2) is 0 Å². The lowest BCUT2D eigenvalue weighted by molar-refractivity contribution is -0.136. The van der Waals surface area contributed by atoms with Crippen molar-refractivity contribution in [3.63, 3.8) is 0 Å². The van der Waals surface area contributed by atoms with Crippen molar-refractivity contribution in [3.05, 3.63) is 71.9 Å². The molecule has 0 spiro atoms. The maximum atomic E-state index is 13.7. The van der Waals surface area contributed by atoms with E-state index in [0.717, 1.165) is 0 Å². The number of aromatic nitrogens is 1. The van der Waals surface area contributed by atoms with Gasteiger partial charge in [0.2, 0.25) is 0 Å². The van der Waals surface area contributed by atoms with Gasteiger partial charge in [-0.2, -0.15) is 0 Å². The molecule has 0 aliphatic heterocycles. The van der Waals surface area contributed by atoms with Crippen LogP contribution >= 0.6 is 0 Å². The Hall–Kier alpha value is -3.35. The quantitative estimate of drug-likeness (QED) is 0.670. The van der Waals surface area contributed by atoms with E-state index in [1.165, 1.54) is 36.5 Å². The predicted octanol–water partition coefficient (Wildman–Crippen LogP) is 3.97. The van der Waals surface area contributed by atoms with Gasteiger partial charge in [0, 0.05) is 5.39 Å². The van der Waals surface area contributed by atoms with Crippen LogP contribution in [0.25, 0.3) is 10.9 Å². The number of nitrogens with zero attached hydrogens (tertiary/aromatic N) is 1. The van der Waals surface area contributed by atoms with Crippen molar-refractivity contribution in [2.75, 3.05) is 5.32 Å². The van der Waals surface area contributed by atoms with Crippen molar-refractivity contribution >= 4 is 28.4 Å². The van der Waals surface area contributed by atoms with Crippen LogP contribution in [0.2, 0.25) is 0 Å². The molecule has 0 bridgehead atoms. The summed E-state index contributed by atoms with van der Waals surface area (Å²) in [5, 5.41) is 5.63. The number of carbonyl (C=O) groups is 2. The first-order valence-corrected chi connectivity index (χ1v) is 8.76. The van der Waals surface area contributed by atoms with Crippen LogP contribution in [0.15, 0.2) is 54.7 Å². The van der Waals surface area contributed by atoms with Gasteiger partial charge < -0.3 is 10.6 Å². The molecule has 0 aliphatic rings. The highest BCUT2D eigenvalue weighted by atomic mass is 19.1. The number of hydrogen-bond acceptors (Lipinski definition) is 3. The predicted molar refractivity (Wildman–Crippen MR) is 102 cm³/mol. The lowest BCUT2D eigenvalue weighted by atomic mass is 9.96. The fourth-order valence-corrected chi connectivity index (χ4v) is 2.89. The molecular weight excluding hydrogens is 364 g/mol. The van der Waals surface area contributed by atoms with Gasteiger partial charge in [0.05, 0.1) is 17.9 Å². The van der Waals surface area contributed by atoms with E-state index in [4.69, 9.17) is 0 Å². The summed E-state index contributed by atoms with van der Waals surface area (Å²) in [4.78, 5) is 28.6. The third-order valence-corrected chi connectivity index (χ3v) is 4.31. The molecule has 5 nitrogen and oxygen atoms in total. The fraction of sp³-hybridized carbons (Fsp3) is 0.190. The highest BCUT2D eigenvalue weighted by molar-refractivity contribution is 6.39. The van der Waals surface area contributed by atoms with Gasteiger partial charge in [-0.25, -0.2) is 8.78 Å². The summed E-state index contributed by atoms with van der Waals surface area (Å²) in [5.41, 5.74) is 1.16. The van der Waals surface area contributed by atoms with Crippen molar-refractivity contribution in [2.45, 2.75) is 19.9 Å². The molecule has 1 atom stereocenters. The highest BCUT2D eigenvalue weighted by Gasteiger charge is 2.22. The Morgan fingerprint density at radius 1 is 1.00 bits per heavy atom. The summed E-state index contributed by atoms with van der Waals surface area (Å²) in [5.74, 6) is -2.57. The van der Waals surface area contributed by atoms with Gasteiger partial charge in [-0.1, -0.05) is 38.1 Å². The molecule has 144 valence electrons. The molecule has 28 heavy (non-hydrogen) atoms. The molecule has 7 heteroatoms. The largest absolute Gasteiger partial charge is 0.341 e. The zero-order valence-electron chi connectivity index (χ0n) is 15.4. The molecule has 1 aromatic heterocycles. The second-order valence-electron chi connectivity index (χ2n) is 6.74. The normalized spacial score (nSPS) is 12.0. The summed E-state index contributed by atoms with van der Waals surface area (Å²) in [6.45, 7) is 3.77. The Labute approximate surface area is 160 Å². The molecule has 2 amide bonds. The number of rotatable bonds is 4. The number of benzene rings is 2. The summed E-state index contributed by atoms with van der Waals surface area (Å²) in [6.07, 6.45) is 1.29. The highest BCUT2D eigenvalue weighted by Crippen LogP contribution is 2.22. The average Bonchev–Trinajstić information content (AvgIpc) is 2.66. The number of nitrogens with one attached hydrogen (secondary N) is 2. The van der Waals surface area contributed by atoms with Gasteiger partial charge in [-0.3, -0.25) is 14.6 Å². The zero-order chi connectivity index (χ0) is 20.3. The summed E-state index contributed by atoms with van der Waals surface area (Å²) >= 11 is 0. The molecule has 1 unspecified atom stereocenters. The minimum atomic E-state index is -0.870. The van der Waals surface area contributed by atoms with Crippen LogP contribution in [0.4, 0.5) is 14.5 Å². The molecule has 0 fully saturated rings. The molecule has 2 aromatic carbocycles. The van der Waals surface area contributed by atoms with Gasteiger partial charge in [0.25, 0.3) is 0 Å². The van der Waals surface area contributed by atoms with Gasteiger partial charge in [0.1, 0.15) is 17.2 Å². The standard InChI is InChI=1S/C21H19F2N3O2/c1-12(2)18(13-6-8-15(22)9-7-13)26-21(28)20(27)25-16-10-14-4-3-5-17(23)19(14)24-11-16/h3-12,18H,1-2H3,(H,25,27)(H,26,28). The Kier molecular flexibility index (Phi) is 5.63. The Bertz CT molecular complexity index is 1020. The molecule has 0 saturated carbocycles. The van der Waals surface area contributed by atoms with Crippen LogP contribution in [0, 0.1) is 17.6 Å². The first-order valence-electron chi connectivity index (χ1n) is 8.76. The molecule has 1 heterocycles. The minimum Gasteiger partial charge on any atom is -0.341 e. The molecule has 3 aromatic rings. The van der Waals surface area contributed by atoms with Gasteiger partial charge >= 0.3 is 11.8 Å². The average molecular weight is 383 g/mol. The van der Waals surface area contributed by atoms with E-state index in [1.807, 2.05) is 13.8 Å². The molecule has 2 N–H and O–H groups in total. The number of fused-ring (bicyclic) bond motifs is 1. The van der Waals surface area contributed by atoms with Crippen LogP contribution in [-0.2, 0) is 9.59 Å². The second-order valence-corrected chi connectivity index (χ2v) is 6.74. The van der Waals surface area contributed by atoms with E-state index < -0.39 is 23.7 Å². The van der Waals surface area contributed by atoms with E-state index in [0.29, 0.717) is 10.9 Å². The minimum absolute atomic E-state index is 0.0208. The maximum absolute atomic E-state index is 13.7. The smallest absolute Gasteiger partial charge is 0.313 e. The van der Waals surface area contributed by atoms with E-state index in [2.05, 4.69) is 15.6 Å². The summed E-state index contributed by atoms with van der Waals surface area (Å²) < 4.78 is 26.8. The van der Waals surface area contributed by atoms with E-state index in [9.17, 15) is 18.4 Å². The van der Waals surface area contributed by atoms with Crippen molar-refractivity contribution in [1.29, 1.82) is 0 Å². The van der Waals surface area contributed by atoms with E-state index in [1.54, 1.807) is 18.2 Å². The molecule has 0 radical (unpaired) electrons. The van der Waals surface area contributed by atoms with Crippen molar-refractivity contribution < 1.29 is 18.4 Å². The zero-order valence-corrected chi connectivity index (χ0v) is 15.4. The molecular formula is C21H19F2N3O2. The number of halogens is 2. The fourth-order valence-electron chi connectivity index (χ4n) is 2.89. The second kappa shape index (κ2) is 8.12. The van der Waals surface area contributed by atoms with Crippen LogP contribution in [0.5, 0.6) is 0 Å². The molecule has 0 saturated heterocycles. The lowest BCUT2D eigenvalue weighted by Gasteiger charge is -2.22. The van der Waals surface area contributed by atoms with Crippen LogP contribution in [0.1, 0.15) is 25.5 Å². The topological polar surface area (TPSA) is 71.1 Å². The van der Waals surface area contributed by atoms with Crippen molar-refractivity contribution in [3.8, 4) is 0 Å². The number of anilines is 1.